The maximum atomic E-state index is 11.0. The van der Waals surface area contributed by atoms with Crippen molar-refractivity contribution < 1.29 is 17.5 Å². The molecular weight excluding hydrogens is 246 g/mol. The lowest BCUT2D eigenvalue weighted by Crippen LogP contribution is -2.08. The van der Waals surface area contributed by atoms with Crippen molar-refractivity contribution in [3.8, 4) is 5.75 Å². The van der Waals surface area contributed by atoms with Crippen LogP contribution in [-0.2, 0) is 10.1 Å². The first-order valence-corrected chi connectivity index (χ1v) is 6.70. The Hall–Kier alpha value is -1.63. The molecule has 0 radical (unpaired) electrons. The van der Waals surface area contributed by atoms with E-state index in [4.69, 9.17) is 0 Å². The highest BCUT2D eigenvalue weighted by Gasteiger charge is 2.19. The van der Waals surface area contributed by atoms with Crippen LogP contribution in [-0.4, -0.2) is 19.6 Å². The number of benzene rings is 1. The quantitative estimate of drug-likeness (QED) is 0.469. The van der Waals surface area contributed by atoms with E-state index in [1.165, 1.54) is 12.1 Å². The summed E-state index contributed by atoms with van der Waals surface area (Å²) >= 11 is 0. The van der Waals surface area contributed by atoms with Crippen LogP contribution in [0, 0.1) is 10.1 Å². The van der Waals surface area contributed by atoms with Gasteiger partial charge in [-0.1, -0.05) is 19.9 Å². The molecule has 0 saturated carbocycles. The molecule has 7 heteroatoms. The molecule has 0 unspecified atom stereocenters. The van der Waals surface area contributed by atoms with E-state index in [0.29, 0.717) is 0 Å². The van der Waals surface area contributed by atoms with Crippen molar-refractivity contribution in [2.24, 2.45) is 0 Å². The molecule has 0 amide bonds. The predicted molar refractivity (Wildman–Crippen MR) is 62.7 cm³/mol. The van der Waals surface area contributed by atoms with E-state index in [-0.39, 0.29) is 17.4 Å². The van der Waals surface area contributed by atoms with Crippen LogP contribution in [0.25, 0.3) is 0 Å². The molecule has 0 bridgehead atoms. The zero-order valence-corrected chi connectivity index (χ0v) is 10.5. The first kappa shape index (κ1) is 13.4. The highest BCUT2D eigenvalue weighted by molar-refractivity contribution is 7.86. The minimum atomic E-state index is -3.78. The van der Waals surface area contributed by atoms with E-state index in [1.807, 2.05) is 13.8 Å². The lowest BCUT2D eigenvalue weighted by atomic mass is 10.0. The van der Waals surface area contributed by atoms with Crippen LogP contribution in [0.3, 0.4) is 0 Å². The van der Waals surface area contributed by atoms with Gasteiger partial charge in [-0.25, -0.2) is 0 Å². The van der Waals surface area contributed by atoms with Crippen molar-refractivity contribution >= 4 is 15.8 Å². The molecule has 94 valence electrons. The van der Waals surface area contributed by atoms with Gasteiger partial charge < -0.3 is 4.18 Å². The van der Waals surface area contributed by atoms with Gasteiger partial charge in [-0.15, -0.1) is 0 Å². The third-order valence-corrected chi connectivity index (χ3v) is 2.57. The number of hydrogen-bond donors (Lipinski definition) is 0. The molecule has 0 atom stereocenters. The van der Waals surface area contributed by atoms with Gasteiger partial charge in [0, 0.05) is 6.07 Å². The Morgan fingerprint density at radius 1 is 1.35 bits per heavy atom. The lowest BCUT2D eigenvalue weighted by Gasteiger charge is -2.08. The number of nitro benzene ring substituents is 1. The molecule has 17 heavy (non-hydrogen) atoms. The Balaban J connectivity index is 3.30. The summed E-state index contributed by atoms with van der Waals surface area (Å²) in [4.78, 5) is 10.0. The van der Waals surface area contributed by atoms with Gasteiger partial charge in [-0.2, -0.15) is 8.42 Å². The standard InChI is InChI=1S/C10H13NO5S/c1-7(2)8-4-5-9(11(12)13)10(6-8)16-17(3,14)15/h4-7H,1-3H3. The Kier molecular flexibility index (Phi) is 3.72. The van der Waals surface area contributed by atoms with E-state index >= 15 is 0 Å². The summed E-state index contributed by atoms with van der Waals surface area (Å²) in [5, 5.41) is 10.7. The van der Waals surface area contributed by atoms with Crippen molar-refractivity contribution in [1.82, 2.24) is 0 Å². The molecule has 0 aliphatic heterocycles. The van der Waals surface area contributed by atoms with Crippen molar-refractivity contribution in [2.45, 2.75) is 19.8 Å². The van der Waals surface area contributed by atoms with E-state index in [0.717, 1.165) is 11.8 Å². The summed E-state index contributed by atoms with van der Waals surface area (Å²) in [6.07, 6.45) is 0.846. The van der Waals surface area contributed by atoms with Crippen molar-refractivity contribution in [3.05, 3.63) is 33.9 Å². The van der Waals surface area contributed by atoms with E-state index in [9.17, 15) is 18.5 Å². The Labute approximate surface area is 99.5 Å². The molecule has 6 nitrogen and oxygen atoms in total. The minimum Gasteiger partial charge on any atom is -0.375 e. The van der Waals surface area contributed by atoms with Crippen LogP contribution < -0.4 is 4.18 Å². The Morgan fingerprint density at radius 3 is 2.35 bits per heavy atom. The monoisotopic (exact) mass is 259 g/mol. The fourth-order valence-electron chi connectivity index (χ4n) is 1.27. The Morgan fingerprint density at radius 2 is 1.94 bits per heavy atom. The SMILES string of the molecule is CC(C)c1ccc([N+](=O)[O-])c(OS(C)(=O)=O)c1. The largest absolute Gasteiger partial charge is 0.375 e. The topological polar surface area (TPSA) is 86.5 Å². The van der Waals surface area contributed by atoms with Crippen molar-refractivity contribution in [1.29, 1.82) is 0 Å². The summed E-state index contributed by atoms with van der Waals surface area (Å²) < 4.78 is 26.6. The van der Waals surface area contributed by atoms with Gasteiger partial charge in [0.15, 0.2) is 0 Å². The molecule has 0 saturated heterocycles. The fourth-order valence-corrected chi connectivity index (χ4v) is 1.73. The van der Waals surface area contributed by atoms with Gasteiger partial charge in [-0.3, -0.25) is 10.1 Å². The van der Waals surface area contributed by atoms with Crippen LogP contribution in [0.1, 0.15) is 25.3 Å². The first-order valence-electron chi connectivity index (χ1n) is 4.88. The average molecular weight is 259 g/mol. The highest BCUT2D eigenvalue weighted by atomic mass is 32.2. The van der Waals surface area contributed by atoms with Crippen molar-refractivity contribution in [2.75, 3.05) is 6.26 Å². The zero-order valence-electron chi connectivity index (χ0n) is 9.71. The van der Waals surface area contributed by atoms with Gasteiger partial charge in [0.25, 0.3) is 0 Å². The number of nitro groups is 1. The van der Waals surface area contributed by atoms with Crippen molar-refractivity contribution in [3.63, 3.8) is 0 Å². The number of hydrogen-bond acceptors (Lipinski definition) is 5. The summed E-state index contributed by atoms with van der Waals surface area (Å²) in [5.74, 6) is -0.124. The van der Waals surface area contributed by atoms with Gasteiger partial charge in [0.1, 0.15) is 0 Å². The minimum absolute atomic E-state index is 0.123. The molecule has 0 N–H and O–H groups in total. The number of rotatable bonds is 4. The van der Waals surface area contributed by atoms with Crippen LogP contribution in [0.4, 0.5) is 5.69 Å². The molecule has 0 spiro atoms. The normalized spacial score (nSPS) is 11.5. The predicted octanol–water partition coefficient (Wildman–Crippen LogP) is 2.06. The van der Waals surface area contributed by atoms with E-state index < -0.39 is 15.0 Å². The van der Waals surface area contributed by atoms with Crippen LogP contribution in [0.15, 0.2) is 18.2 Å². The molecule has 1 rings (SSSR count). The van der Waals surface area contributed by atoms with Crippen LogP contribution in [0.5, 0.6) is 5.75 Å². The molecule has 1 aromatic carbocycles. The molecule has 0 aliphatic carbocycles. The lowest BCUT2D eigenvalue weighted by molar-refractivity contribution is -0.385. The third-order valence-electron chi connectivity index (χ3n) is 2.09. The summed E-state index contributed by atoms with van der Waals surface area (Å²) in [5.41, 5.74) is 0.411. The highest BCUT2D eigenvalue weighted by Crippen LogP contribution is 2.31. The Bertz CT molecular complexity index is 536. The second-order valence-electron chi connectivity index (χ2n) is 3.93. The average Bonchev–Trinajstić information content (AvgIpc) is 2.14. The maximum Gasteiger partial charge on any atom is 0.312 e. The van der Waals surface area contributed by atoms with Gasteiger partial charge >= 0.3 is 15.8 Å². The summed E-state index contributed by atoms with van der Waals surface area (Å²) in [7, 11) is -3.78. The first-order chi connectivity index (χ1) is 7.70. The summed E-state index contributed by atoms with van der Waals surface area (Å²) in [6, 6.07) is 4.21. The maximum absolute atomic E-state index is 11.0. The molecule has 0 aromatic heterocycles. The number of nitrogens with zero attached hydrogens (tertiary/aromatic N) is 1. The molecule has 0 fully saturated rings. The van der Waals surface area contributed by atoms with Gasteiger partial charge in [0.05, 0.1) is 11.2 Å². The summed E-state index contributed by atoms with van der Waals surface area (Å²) in [6.45, 7) is 3.79. The zero-order chi connectivity index (χ0) is 13.2. The molecule has 0 aliphatic rings. The van der Waals surface area contributed by atoms with Crippen LogP contribution >= 0.6 is 0 Å². The van der Waals surface area contributed by atoms with E-state index in [1.54, 1.807) is 6.07 Å². The molecule has 1 aromatic rings. The second-order valence-corrected chi connectivity index (χ2v) is 5.50. The van der Waals surface area contributed by atoms with Gasteiger partial charge in [0.2, 0.25) is 5.75 Å². The molecule has 0 heterocycles. The fraction of sp³-hybridized carbons (Fsp3) is 0.400. The molecular formula is C10H13NO5S. The second kappa shape index (κ2) is 4.70. The van der Waals surface area contributed by atoms with Gasteiger partial charge in [-0.05, 0) is 17.5 Å². The third kappa shape index (κ3) is 3.70. The van der Waals surface area contributed by atoms with E-state index in [2.05, 4.69) is 4.18 Å². The van der Waals surface area contributed by atoms with Crippen LogP contribution in [0.2, 0.25) is 0 Å². The smallest absolute Gasteiger partial charge is 0.312 e.